The van der Waals surface area contributed by atoms with Crippen LogP contribution < -0.4 is 14.8 Å². The highest BCUT2D eigenvalue weighted by molar-refractivity contribution is 7.94. The number of phenolic OH excluding ortho intramolecular Hbond substituents is 1. The molecule has 0 aliphatic carbocycles. The van der Waals surface area contributed by atoms with Gasteiger partial charge < -0.3 is 19.9 Å². The molecule has 0 saturated heterocycles. The van der Waals surface area contributed by atoms with Crippen LogP contribution in [0.5, 0.6) is 11.5 Å². The van der Waals surface area contributed by atoms with Crippen LogP contribution in [-0.4, -0.2) is 45.7 Å². The Morgan fingerprint density at radius 3 is 2.48 bits per heavy atom. The third-order valence-electron chi connectivity index (χ3n) is 4.46. The van der Waals surface area contributed by atoms with Gasteiger partial charge in [-0.15, -0.1) is 11.3 Å². The molecular formula is C22H22N2O7S2. The van der Waals surface area contributed by atoms with E-state index in [9.17, 15) is 23.1 Å². The summed E-state index contributed by atoms with van der Waals surface area (Å²) in [6.45, 7) is -0.166. The van der Waals surface area contributed by atoms with E-state index in [-0.39, 0.29) is 15.5 Å². The summed E-state index contributed by atoms with van der Waals surface area (Å²) in [5.74, 6) is -1.14. The molecule has 0 bridgehead atoms. The van der Waals surface area contributed by atoms with Crippen molar-refractivity contribution in [2.45, 2.75) is 10.6 Å². The second-order valence-electron chi connectivity index (χ2n) is 6.79. The smallest absolute Gasteiger partial charge is 0.342 e. The minimum atomic E-state index is -3.79. The number of anilines is 1. The fourth-order valence-corrected chi connectivity index (χ4v) is 4.83. The second-order valence-corrected chi connectivity index (χ2v) is 9.65. The molecule has 3 rings (SSSR count). The summed E-state index contributed by atoms with van der Waals surface area (Å²) >= 11 is 1.05. The Balaban J connectivity index is 1.47. The normalized spacial score (nSPS) is 10.9. The summed E-state index contributed by atoms with van der Waals surface area (Å²) in [5, 5.41) is 14.4. The molecule has 0 radical (unpaired) electrons. The number of amides is 1. The van der Waals surface area contributed by atoms with Crippen molar-refractivity contribution in [3.8, 4) is 11.5 Å². The quantitative estimate of drug-likeness (QED) is 0.373. The number of nitrogens with one attached hydrogen (secondary N) is 2. The van der Waals surface area contributed by atoms with Gasteiger partial charge in [-0.25, -0.2) is 13.2 Å². The zero-order valence-electron chi connectivity index (χ0n) is 17.6. The molecule has 0 fully saturated rings. The van der Waals surface area contributed by atoms with Gasteiger partial charge in [0.05, 0.1) is 12.8 Å². The first-order valence-corrected chi connectivity index (χ1v) is 12.1. The van der Waals surface area contributed by atoms with Crippen molar-refractivity contribution in [2.24, 2.45) is 0 Å². The van der Waals surface area contributed by atoms with Crippen molar-refractivity contribution in [1.29, 1.82) is 0 Å². The number of sulfonamides is 1. The van der Waals surface area contributed by atoms with Crippen LogP contribution in [0.2, 0.25) is 0 Å². The van der Waals surface area contributed by atoms with Crippen molar-refractivity contribution in [3.05, 3.63) is 71.1 Å². The number of benzene rings is 2. The molecular weight excluding hydrogens is 468 g/mol. The van der Waals surface area contributed by atoms with Gasteiger partial charge in [-0.1, -0.05) is 18.2 Å². The van der Waals surface area contributed by atoms with E-state index in [2.05, 4.69) is 10.0 Å². The van der Waals surface area contributed by atoms with E-state index >= 15 is 0 Å². The van der Waals surface area contributed by atoms with Gasteiger partial charge in [-0.05, 0) is 47.7 Å². The fourth-order valence-electron chi connectivity index (χ4n) is 2.79. The maximum Gasteiger partial charge on any atom is 0.342 e. The average molecular weight is 491 g/mol. The molecule has 0 saturated carbocycles. The van der Waals surface area contributed by atoms with Gasteiger partial charge in [-0.3, -0.25) is 9.52 Å². The van der Waals surface area contributed by atoms with E-state index in [1.54, 1.807) is 18.6 Å². The lowest BCUT2D eigenvalue weighted by molar-refractivity contribution is -0.124. The molecule has 0 aliphatic rings. The largest absolute Gasteiger partial charge is 0.507 e. The Morgan fingerprint density at radius 1 is 1.09 bits per heavy atom. The molecule has 1 amide bonds. The molecule has 174 valence electrons. The molecule has 2 aromatic carbocycles. The zero-order chi connectivity index (χ0) is 23.8. The number of methoxy groups -OCH3 is 1. The summed E-state index contributed by atoms with van der Waals surface area (Å²) in [6.07, 6.45) is 0.591. The highest BCUT2D eigenvalue weighted by Crippen LogP contribution is 2.26. The highest BCUT2D eigenvalue weighted by Gasteiger charge is 2.18. The van der Waals surface area contributed by atoms with Gasteiger partial charge >= 0.3 is 5.97 Å². The number of thiophene rings is 1. The van der Waals surface area contributed by atoms with Crippen molar-refractivity contribution >= 4 is 38.9 Å². The van der Waals surface area contributed by atoms with Crippen LogP contribution in [0.4, 0.5) is 5.69 Å². The second kappa shape index (κ2) is 10.8. The van der Waals surface area contributed by atoms with E-state index in [1.165, 1.54) is 18.2 Å². The van der Waals surface area contributed by atoms with Crippen LogP contribution in [0, 0.1) is 0 Å². The number of carbonyl (C=O) groups is 2. The molecule has 3 aromatic rings. The minimum absolute atomic E-state index is 0.0775. The standard InChI is InChI=1S/C22H22N2O7S2/c1-30-17-7-4-15(5-8-17)10-11-23-20(26)14-31-22(27)18-9-6-16(13-19(18)25)24-33(28,29)21-3-2-12-32-21/h2-9,12-13,24-25H,10-11,14H2,1H3,(H,23,26). The van der Waals surface area contributed by atoms with Gasteiger partial charge in [0.25, 0.3) is 15.9 Å². The van der Waals surface area contributed by atoms with Crippen molar-refractivity contribution in [2.75, 3.05) is 25.0 Å². The lowest BCUT2D eigenvalue weighted by atomic mass is 10.1. The van der Waals surface area contributed by atoms with Gasteiger partial charge in [-0.2, -0.15) is 0 Å². The SMILES string of the molecule is COc1ccc(CCNC(=O)COC(=O)c2ccc(NS(=O)(=O)c3cccs3)cc2O)cc1. The number of esters is 1. The Labute approximate surface area is 195 Å². The maximum atomic E-state index is 12.3. The van der Waals surface area contributed by atoms with Crippen LogP contribution in [0.15, 0.2) is 64.2 Å². The summed E-state index contributed by atoms with van der Waals surface area (Å²) in [4.78, 5) is 24.1. The Morgan fingerprint density at radius 2 is 1.85 bits per heavy atom. The van der Waals surface area contributed by atoms with Crippen LogP contribution in [-0.2, 0) is 26.0 Å². The lowest BCUT2D eigenvalue weighted by Crippen LogP contribution is -2.30. The van der Waals surface area contributed by atoms with Crippen molar-refractivity contribution in [1.82, 2.24) is 5.32 Å². The Kier molecular flexibility index (Phi) is 7.91. The molecule has 3 N–H and O–H groups in total. The topological polar surface area (TPSA) is 131 Å². The predicted molar refractivity (Wildman–Crippen MR) is 123 cm³/mol. The van der Waals surface area contributed by atoms with E-state index in [0.29, 0.717) is 13.0 Å². The Hall–Kier alpha value is -3.57. The number of phenols is 1. The summed E-state index contributed by atoms with van der Waals surface area (Å²) in [6, 6.07) is 14.1. The van der Waals surface area contributed by atoms with E-state index in [0.717, 1.165) is 28.7 Å². The molecule has 11 heteroatoms. The molecule has 9 nitrogen and oxygen atoms in total. The summed E-state index contributed by atoms with van der Waals surface area (Å²) in [7, 11) is -2.21. The zero-order valence-corrected chi connectivity index (χ0v) is 19.2. The maximum absolute atomic E-state index is 12.3. The molecule has 1 aromatic heterocycles. The molecule has 0 spiro atoms. The lowest BCUT2D eigenvalue weighted by Gasteiger charge is -2.10. The molecule has 1 heterocycles. The van der Waals surface area contributed by atoms with E-state index in [1.807, 2.05) is 24.3 Å². The first kappa shape index (κ1) is 24.1. The van der Waals surface area contributed by atoms with E-state index in [4.69, 9.17) is 9.47 Å². The number of hydrogen-bond donors (Lipinski definition) is 3. The number of aromatic hydroxyl groups is 1. The number of rotatable bonds is 10. The van der Waals surface area contributed by atoms with Crippen LogP contribution >= 0.6 is 11.3 Å². The average Bonchev–Trinajstić information content (AvgIpc) is 3.34. The minimum Gasteiger partial charge on any atom is -0.507 e. The third-order valence-corrected chi connectivity index (χ3v) is 7.24. The molecule has 0 unspecified atom stereocenters. The summed E-state index contributed by atoms with van der Waals surface area (Å²) < 4.78 is 37.0. The van der Waals surface area contributed by atoms with Gasteiger partial charge in [0.1, 0.15) is 21.3 Å². The van der Waals surface area contributed by atoms with Crippen LogP contribution in [0.1, 0.15) is 15.9 Å². The first-order valence-electron chi connectivity index (χ1n) is 9.74. The molecule has 0 atom stereocenters. The van der Waals surface area contributed by atoms with Gasteiger partial charge in [0.2, 0.25) is 0 Å². The monoisotopic (exact) mass is 490 g/mol. The number of carbonyl (C=O) groups excluding carboxylic acids is 2. The number of hydrogen-bond acceptors (Lipinski definition) is 8. The predicted octanol–water partition coefficient (Wildman–Crippen LogP) is 2.78. The van der Waals surface area contributed by atoms with Gasteiger partial charge in [0.15, 0.2) is 6.61 Å². The van der Waals surface area contributed by atoms with Gasteiger partial charge in [0, 0.05) is 12.6 Å². The van der Waals surface area contributed by atoms with Crippen LogP contribution in [0.3, 0.4) is 0 Å². The van der Waals surface area contributed by atoms with Crippen LogP contribution in [0.25, 0.3) is 0 Å². The highest BCUT2D eigenvalue weighted by atomic mass is 32.2. The van der Waals surface area contributed by atoms with Crippen molar-refractivity contribution < 1.29 is 32.6 Å². The first-order chi connectivity index (χ1) is 15.8. The Bertz CT molecular complexity index is 1210. The summed E-state index contributed by atoms with van der Waals surface area (Å²) in [5.41, 5.74) is 0.890. The van der Waals surface area contributed by atoms with E-state index < -0.39 is 34.3 Å². The fraction of sp³-hybridized carbons (Fsp3) is 0.182. The van der Waals surface area contributed by atoms with Crippen molar-refractivity contribution in [3.63, 3.8) is 0 Å². The molecule has 0 aliphatic heterocycles. The molecule has 33 heavy (non-hydrogen) atoms. The number of ether oxygens (including phenoxy) is 2. The third kappa shape index (κ3) is 6.70.